The number of benzene rings is 1. The van der Waals surface area contributed by atoms with Crippen LogP contribution in [-0.4, -0.2) is 35.6 Å². The average Bonchev–Trinajstić information content (AvgIpc) is 3.48. The maximum absolute atomic E-state index is 13.1. The van der Waals surface area contributed by atoms with Crippen molar-refractivity contribution < 1.29 is 19.4 Å². The molecule has 0 atom stereocenters. The molecule has 0 bridgehead atoms. The maximum atomic E-state index is 13.1. The van der Waals surface area contributed by atoms with E-state index in [2.05, 4.69) is 44.3 Å². The van der Waals surface area contributed by atoms with Crippen molar-refractivity contribution in [2.24, 2.45) is 5.92 Å². The molecule has 1 aromatic carbocycles. The van der Waals surface area contributed by atoms with Crippen molar-refractivity contribution in [2.75, 3.05) is 7.11 Å². The third-order valence-corrected chi connectivity index (χ3v) is 9.78. The number of aromatic nitrogens is 1. The first-order valence-corrected chi connectivity index (χ1v) is 14.6. The van der Waals surface area contributed by atoms with Gasteiger partial charge in [0.2, 0.25) is 0 Å². The van der Waals surface area contributed by atoms with Gasteiger partial charge in [0, 0.05) is 13.2 Å². The molecule has 1 aromatic heterocycles. The van der Waals surface area contributed by atoms with Crippen LogP contribution in [0.3, 0.4) is 0 Å². The van der Waals surface area contributed by atoms with Gasteiger partial charge in [-0.3, -0.25) is 9.59 Å². The molecule has 1 amide bonds. The zero-order chi connectivity index (χ0) is 26.6. The molecule has 3 fully saturated rings. The third kappa shape index (κ3) is 6.61. The highest BCUT2D eigenvalue weighted by atomic mass is 32.1. The summed E-state index contributed by atoms with van der Waals surface area (Å²) in [6.07, 6.45) is 13.4. The van der Waals surface area contributed by atoms with Crippen molar-refractivity contribution in [3.63, 3.8) is 0 Å². The Balaban J connectivity index is 0.00000102. The predicted molar refractivity (Wildman–Crippen MR) is 148 cm³/mol. The van der Waals surface area contributed by atoms with E-state index in [0.29, 0.717) is 17.0 Å². The monoisotopic (exact) mass is 526 g/mol. The van der Waals surface area contributed by atoms with Crippen LogP contribution in [0.1, 0.15) is 112 Å². The van der Waals surface area contributed by atoms with Gasteiger partial charge < -0.3 is 15.2 Å². The normalized spacial score (nSPS) is 19.4. The Morgan fingerprint density at radius 1 is 1.16 bits per heavy atom. The number of methoxy groups -OCH3 is 1. The number of carboxylic acid groups (broad SMARTS) is 1. The van der Waals surface area contributed by atoms with Crippen LogP contribution >= 0.6 is 11.3 Å². The molecule has 0 spiro atoms. The summed E-state index contributed by atoms with van der Waals surface area (Å²) in [6.45, 7) is 6.39. The predicted octanol–water partition coefficient (Wildman–Crippen LogP) is 6.85. The van der Waals surface area contributed by atoms with Gasteiger partial charge in [0.25, 0.3) is 12.4 Å². The lowest BCUT2D eigenvalue weighted by molar-refractivity contribution is -0.122. The second kappa shape index (κ2) is 11.6. The number of rotatable bonds is 8. The molecule has 3 aliphatic carbocycles. The van der Waals surface area contributed by atoms with Gasteiger partial charge in [-0.1, -0.05) is 45.1 Å². The van der Waals surface area contributed by atoms with E-state index in [0.717, 1.165) is 25.0 Å². The van der Waals surface area contributed by atoms with Crippen molar-refractivity contribution in [1.29, 1.82) is 0 Å². The molecule has 3 saturated carbocycles. The first-order valence-electron chi connectivity index (χ1n) is 13.8. The van der Waals surface area contributed by atoms with E-state index in [9.17, 15) is 4.79 Å². The minimum atomic E-state index is -0.366. The molecule has 0 radical (unpaired) electrons. The molecule has 3 aliphatic rings. The van der Waals surface area contributed by atoms with Gasteiger partial charge in [-0.25, -0.2) is 4.98 Å². The van der Waals surface area contributed by atoms with Crippen LogP contribution in [0.15, 0.2) is 18.2 Å². The number of ether oxygens (including phenoxy) is 1. The van der Waals surface area contributed by atoms with Crippen LogP contribution in [0.4, 0.5) is 0 Å². The van der Waals surface area contributed by atoms with Gasteiger partial charge in [0.1, 0.15) is 0 Å². The van der Waals surface area contributed by atoms with Gasteiger partial charge >= 0.3 is 0 Å². The summed E-state index contributed by atoms with van der Waals surface area (Å²) in [5, 5.41) is 10.7. The lowest BCUT2D eigenvalue weighted by atomic mass is 9.85. The summed E-state index contributed by atoms with van der Waals surface area (Å²) < 4.78 is 5.88. The van der Waals surface area contributed by atoms with Gasteiger partial charge in [0.15, 0.2) is 5.01 Å². The highest BCUT2D eigenvalue weighted by Gasteiger charge is 2.40. The van der Waals surface area contributed by atoms with Gasteiger partial charge in [-0.05, 0) is 92.5 Å². The van der Waals surface area contributed by atoms with E-state index in [4.69, 9.17) is 19.6 Å². The molecular weight excluding hydrogens is 484 g/mol. The maximum Gasteiger partial charge on any atom is 0.290 e. The molecule has 37 heavy (non-hydrogen) atoms. The number of hydrogen-bond donors (Lipinski definition) is 2. The number of nitrogens with one attached hydrogen (secondary N) is 1. The molecule has 1 heterocycles. The van der Waals surface area contributed by atoms with E-state index < -0.39 is 0 Å². The lowest BCUT2D eigenvalue weighted by Crippen LogP contribution is -2.39. The molecule has 0 aliphatic heterocycles. The van der Waals surface area contributed by atoms with Crippen LogP contribution in [0.2, 0.25) is 0 Å². The zero-order valence-corrected chi connectivity index (χ0v) is 23.6. The summed E-state index contributed by atoms with van der Waals surface area (Å²) in [6, 6.07) is 7.32. The molecular formula is C30H42N2O4S. The van der Waals surface area contributed by atoms with E-state index in [1.807, 2.05) is 0 Å². The molecule has 202 valence electrons. The Bertz CT molecular complexity index is 1090. The number of carbonyl (C=O) groups excluding carboxylic acids is 1. The summed E-state index contributed by atoms with van der Waals surface area (Å²) in [7, 11) is 1.79. The van der Waals surface area contributed by atoms with Crippen molar-refractivity contribution in [2.45, 2.75) is 108 Å². The van der Waals surface area contributed by atoms with Crippen LogP contribution in [0.5, 0.6) is 0 Å². The molecule has 5 rings (SSSR count). The second-order valence-electron chi connectivity index (χ2n) is 11.8. The molecule has 7 heteroatoms. The van der Waals surface area contributed by atoms with Gasteiger partial charge in [-0.15, -0.1) is 11.3 Å². The molecule has 2 N–H and O–H groups in total. The van der Waals surface area contributed by atoms with E-state index in [1.54, 1.807) is 18.4 Å². The fourth-order valence-corrected chi connectivity index (χ4v) is 6.31. The fraction of sp³-hybridized carbons (Fsp3) is 0.633. The summed E-state index contributed by atoms with van der Waals surface area (Å²) >= 11 is 1.59. The largest absolute Gasteiger partial charge is 0.483 e. The van der Waals surface area contributed by atoms with E-state index in [-0.39, 0.29) is 23.4 Å². The van der Waals surface area contributed by atoms with Gasteiger partial charge in [0.05, 0.1) is 16.2 Å². The Labute approximate surface area is 225 Å². The van der Waals surface area contributed by atoms with E-state index >= 15 is 0 Å². The lowest BCUT2D eigenvalue weighted by Gasteiger charge is -2.26. The molecule has 2 aromatic rings. The van der Waals surface area contributed by atoms with Crippen molar-refractivity contribution in [3.05, 3.63) is 40.0 Å². The van der Waals surface area contributed by atoms with Gasteiger partial charge in [-0.2, -0.15) is 0 Å². The minimum absolute atomic E-state index is 0.00796. The molecule has 6 nitrogen and oxygen atoms in total. The van der Waals surface area contributed by atoms with Crippen molar-refractivity contribution in [1.82, 2.24) is 10.3 Å². The van der Waals surface area contributed by atoms with Crippen LogP contribution < -0.4 is 5.32 Å². The zero-order valence-electron chi connectivity index (χ0n) is 22.8. The number of amides is 1. The summed E-state index contributed by atoms with van der Waals surface area (Å²) in [5.41, 5.74) is 4.81. The number of nitrogens with zero attached hydrogens (tertiary/aromatic N) is 1. The van der Waals surface area contributed by atoms with Crippen molar-refractivity contribution >= 4 is 23.7 Å². The SMILES string of the molecule is COC(C)(C)c1cc(-c2sc(C(=O)NC3CCC3)nc2CC2CCCCC2)cc(C2(C)CC2)c1.O=CO. The van der Waals surface area contributed by atoms with Crippen LogP contribution in [0, 0.1) is 5.92 Å². The smallest absolute Gasteiger partial charge is 0.290 e. The van der Waals surface area contributed by atoms with E-state index in [1.165, 1.54) is 72.9 Å². The van der Waals surface area contributed by atoms with Crippen LogP contribution in [-0.2, 0) is 27.0 Å². The molecule has 0 saturated heterocycles. The highest BCUT2D eigenvalue weighted by Crippen LogP contribution is 2.50. The summed E-state index contributed by atoms with van der Waals surface area (Å²) in [5.74, 6) is 0.685. The average molecular weight is 527 g/mol. The second-order valence-corrected chi connectivity index (χ2v) is 12.8. The number of thiazole rings is 1. The fourth-order valence-electron chi connectivity index (χ4n) is 5.33. The topological polar surface area (TPSA) is 88.5 Å². The Morgan fingerprint density at radius 2 is 1.84 bits per heavy atom. The Morgan fingerprint density at radius 3 is 2.41 bits per heavy atom. The Kier molecular flexibility index (Phi) is 8.74. The number of carbonyl (C=O) groups is 2. The summed E-state index contributed by atoms with van der Waals surface area (Å²) in [4.78, 5) is 27.6. The Hall–Kier alpha value is -2.25. The van der Waals surface area contributed by atoms with Crippen LogP contribution in [0.25, 0.3) is 10.4 Å². The third-order valence-electron chi connectivity index (χ3n) is 8.64. The highest BCUT2D eigenvalue weighted by molar-refractivity contribution is 7.17. The minimum Gasteiger partial charge on any atom is -0.483 e. The first-order chi connectivity index (χ1) is 17.7. The number of hydrogen-bond acceptors (Lipinski definition) is 5. The molecule has 0 unspecified atom stereocenters. The first kappa shape index (κ1) is 27.8. The van der Waals surface area contributed by atoms with Crippen molar-refractivity contribution in [3.8, 4) is 10.4 Å². The quantitative estimate of drug-likeness (QED) is 0.367. The standard InChI is InChI=1S/C29H40N2O2S.CH2O2/c1-28(2,33-4)21-16-20(17-22(18-21)29(3)13-14-29)25-24(15-19-9-6-5-7-10-19)31-27(34-25)26(32)30-23-11-8-12-23;2-1-3/h16-19,23H,5-15H2,1-4H3,(H,30,32);1H,(H,2,3).